The van der Waals surface area contributed by atoms with Gasteiger partial charge in [-0.2, -0.15) is 0 Å². The van der Waals surface area contributed by atoms with Gasteiger partial charge >= 0.3 is 0 Å². The van der Waals surface area contributed by atoms with E-state index in [4.69, 9.17) is 0 Å². The van der Waals surface area contributed by atoms with E-state index in [1.165, 1.54) is 6.92 Å². The molecule has 2 nitrogen and oxygen atoms in total. The molecular formula is C8H8BrNOS. The van der Waals surface area contributed by atoms with E-state index in [1.807, 2.05) is 17.5 Å². The third-order valence-electron chi connectivity index (χ3n) is 1.22. The zero-order chi connectivity index (χ0) is 8.97. The lowest BCUT2D eigenvalue weighted by molar-refractivity contribution is -0.114. The minimum absolute atomic E-state index is 0.0439. The molecule has 1 aromatic heterocycles. The molecule has 4 heteroatoms. The largest absolute Gasteiger partial charge is 0.325 e. The van der Waals surface area contributed by atoms with Crippen molar-refractivity contribution in [1.82, 2.24) is 0 Å². The number of carbonyl (C=O) groups is 1. The number of anilines is 1. The molecule has 0 aliphatic heterocycles. The Morgan fingerprint density at radius 2 is 2.50 bits per heavy atom. The predicted molar refractivity (Wildman–Crippen MR) is 56.6 cm³/mol. The van der Waals surface area contributed by atoms with Gasteiger partial charge in [0.1, 0.15) is 0 Å². The lowest BCUT2D eigenvalue weighted by Gasteiger charge is -1.98. The molecule has 0 atom stereocenters. The van der Waals surface area contributed by atoms with Crippen LogP contribution in [-0.4, -0.2) is 5.91 Å². The molecule has 1 N–H and O–H groups in total. The van der Waals surface area contributed by atoms with E-state index in [2.05, 4.69) is 21.2 Å². The Morgan fingerprint density at radius 1 is 1.75 bits per heavy atom. The number of amides is 1. The highest BCUT2D eigenvalue weighted by Crippen LogP contribution is 2.23. The highest BCUT2D eigenvalue weighted by molar-refractivity contribution is 9.11. The molecule has 12 heavy (non-hydrogen) atoms. The zero-order valence-corrected chi connectivity index (χ0v) is 8.91. The second-order valence-electron chi connectivity index (χ2n) is 2.17. The van der Waals surface area contributed by atoms with Gasteiger partial charge < -0.3 is 5.32 Å². The van der Waals surface area contributed by atoms with Gasteiger partial charge in [0.2, 0.25) is 5.91 Å². The van der Waals surface area contributed by atoms with E-state index in [1.54, 1.807) is 16.3 Å². The summed E-state index contributed by atoms with van der Waals surface area (Å²) in [5, 5.41) is 4.68. The van der Waals surface area contributed by atoms with Crippen molar-refractivity contribution < 1.29 is 4.79 Å². The Balaban J connectivity index is 2.83. The monoisotopic (exact) mass is 245 g/mol. The number of hydrogen-bond donors (Lipinski definition) is 1. The van der Waals surface area contributed by atoms with E-state index in [0.29, 0.717) is 0 Å². The van der Waals surface area contributed by atoms with E-state index in [9.17, 15) is 4.79 Å². The van der Waals surface area contributed by atoms with Gasteiger partial charge in [-0.05, 0) is 22.5 Å². The van der Waals surface area contributed by atoms with Crippen molar-refractivity contribution in [3.05, 3.63) is 21.3 Å². The molecule has 64 valence electrons. The van der Waals surface area contributed by atoms with E-state index >= 15 is 0 Å². The Hall–Kier alpha value is -0.610. The molecule has 0 saturated heterocycles. The van der Waals surface area contributed by atoms with E-state index in [0.717, 1.165) is 10.6 Å². The predicted octanol–water partition coefficient (Wildman–Crippen LogP) is 3.07. The number of carbonyl (C=O) groups excluding carboxylic acids is 1. The molecule has 0 bridgehead atoms. The van der Waals surface area contributed by atoms with Crippen molar-refractivity contribution in [3.63, 3.8) is 0 Å². The first-order valence-corrected chi connectivity index (χ1v) is 5.15. The second-order valence-corrected chi connectivity index (χ2v) is 3.65. The molecule has 1 amide bonds. The molecule has 0 radical (unpaired) electrons. The van der Waals surface area contributed by atoms with Crippen LogP contribution in [0.25, 0.3) is 6.08 Å². The molecule has 0 aromatic carbocycles. The SMILES string of the molecule is CC(=O)Nc1ccsc1/C=C/Br. The van der Waals surface area contributed by atoms with Crippen LogP contribution in [0.15, 0.2) is 16.4 Å². The second kappa shape index (κ2) is 4.42. The summed E-state index contributed by atoms with van der Waals surface area (Å²) in [6.07, 6.45) is 1.90. The van der Waals surface area contributed by atoms with Crippen LogP contribution in [-0.2, 0) is 4.79 Å². The molecule has 1 heterocycles. The van der Waals surface area contributed by atoms with Crippen molar-refractivity contribution in [2.75, 3.05) is 5.32 Å². The van der Waals surface area contributed by atoms with E-state index in [-0.39, 0.29) is 5.91 Å². The Labute approximate surface area is 83.4 Å². The number of nitrogens with one attached hydrogen (secondary N) is 1. The standard InChI is InChI=1S/C8H8BrNOS/c1-6(11)10-7-3-5-12-8(7)2-4-9/h2-5H,1H3,(H,10,11)/b4-2+. The zero-order valence-electron chi connectivity index (χ0n) is 6.50. The van der Waals surface area contributed by atoms with Crippen LogP contribution in [0.3, 0.4) is 0 Å². The van der Waals surface area contributed by atoms with Crippen LogP contribution in [0.2, 0.25) is 0 Å². The van der Waals surface area contributed by atoms with Gasteiger partial charge in [-0.25, -0.2) is 0 Å². The Kier molecular flexibility index (Phi) is 3.49. The van der Waals surface area contributed by atoms with Gasteiger partial charge in [0.15, 0.2) is 0 Å². The molecule has 1 rings (SSSR count). The average molecular weight is 246 g/mol. The summed E-state index contributed by atoms with van der Waals surface area (Å²) in [5.74, 6) is -0.0439. The third kappa shape index (κ3) is 2.46. The summed E-state index contributed by atoms with van der Waals surface area (Å²) >= 11 is 4.77. The summed E-state index contributed by atoms with van der Waals surface area (Å²) in [6.45, 7) is 1.50. The van der Waals surface area contributed by atoms with Crippen molar-refractivity contribution in [2.45, 2.75) is 6.92 Å². The Bertz CT molecular complexity index is 306. The van der Waals surface area contributed by atoms with Crippen LogP contribution in [0.5, 0.6) is 0 Å². The fourth-order valence-electron chi connectivity index (χ4n) is 0.800. The van der Waals surface area contributed by atoms with Crippen molar-refractivity contribution in [2.24, 2.45) is 0 Å². The van der Waals surface area contributed by atoms with Gasteiger partial charge in [-0.1, -0.05) is 15.9 Å². The van der Waals surface area contributed by atoms with Crippen molar-refractivity contribution >= 4 is 44.9 Å². The van der Waals surface area contributed by atoms with Gasteiger partial charge in [-0.3, -0.25) is 4.79 Å². The van der Waals surface area contributed by atoms with Crippen LogP contribution < -0.4 is 5.32 Å². The van der Waals surface area contributed by atoms with Crippen LogP contribution in [0.1, 0.15) is 11.8 Å². The first kappa shape index (κ1) is 9.48. The molecular weight excluding hydrogens is 238 g/mol. The summed E-state index contributed by atoms with van der Waals surface area (Å²) in [6, 6.07) is 1.88. The van der Waals surface area contributed by atoms with Gasteiger partial charge in [0.05, 0.1) is 10.6 Å². The third-order valence-corrected chi connectivity index (χ3v) is 2.37. The smallest absolute Gasteiger partial charge is 0.221 e. The van der Waals surface area contributed by atoms with Gasteiger partial charge in [0.25, 0.3) is 0 Å². The molecule has 1 aromatic rings. The molecule has 0 saturated carbocycles. The average Bonchev–Trinajstić information content (AvgIpc) is 2.37. The van der Waals surface area contributed by atoms with Crippen LogP contribution in [0.4, 0.5) is 5.69 Å². The fourth-order valence-corrected chi connectivity index (χ4v) is 1.98. The highest BCUT2D eigenvalue weighted by Gasteiger charge is 2.01. The molecule has 0 unspecified atom stereocenters. The molecule has 0 spiro atoms. The summed E-state index contributed by atoms with van der Waals surface area (Å²) < 4.78 is 0. The Morgan fingerprint density at radius 3 is 3.08 bits per heavy atom. The quantitative estimate of drug-likeness (QED) is 0.853. The maximum atomic E-state index is 10.7. The maximum absolute atomic E-state index is 10.7. The van der Waals surface area contributed by atoms with Crippen LogP contribution >= 0.6 is 27.3 Å². The summed E-state index contributed by atoms with van der Waals surface area (Å²) in [5.41, 5.74) is 0.864. The van der Waals surface area contributed by atoms with Crippen molar-refractivity contribution in [1.29, 1.82) is 0 Å². The lowest BCUT2D eigenvalue weighted by atomic mass is 10.4. The van der Waals surface area contributed by atoms with Crippen LogP contribution in [0, 0.1) is 0 Å². The number of thiophene rings is 1. The van der Waals surface area contributed by atoms with E-state index < -0.39 is 0 Å². The minimum Gasteiger partial charge on any atom is -0.325 e. The number of halogens is 1. The summed E-state index contributed by atoms with van der Waals surface area (Å²) in [7, 11) is 0. The maximum Gasteiger partial charge on any atom is 0.221 e. The van der Waals surface area contributed by atoms with Gasteiger partial charge in [0, 0.05) is 6.92 Å². The minimum atomic E-state index is -0.0439. The number of rotatable bonds is 2. The van der Waals surface area contributed by atoms with Crippen molar-refractivity contribution in [3.8, 4) is 0 Å². The van der Waals surface area contributed by atoms with Gasteiger partial charge in [-0.15, -0.1) is 11.3 Å². The normalized spacial score (nSPS) is 10.5. The first-order chi connectivity index (χ1) is 5.74. The molecule has 0 fully saturated rings. The first-order valence-electron chi connectivity index (χ1n) is 3.36. The number of hydrogen-bond acceptors (Lipinski definition) is 2. The molecule has 0 aliphatic rings. The topological polar surface area (TPSA) is 29.1 Å². The summed E-state index contributed by atoms with van der Waals surface area (Å²) in [4.78, 5) is 13.5. The lowest BCUT2D eigenvalue weighted by Crippen LogP contribution is -2.05. The highest BCUT2D eigenvalue weighted by atomic mass is 79.9. The fraction of sp³-hybridized carbons (Fsp3) is 0.125. The molecule has 0 aliphatic carbocycles.